The Morgan fingerprint density at radius 2 is 2.41 bits per heavy atom. The molecule has 0 radical (unpaired) electrons. The van der Waals surface area contributed by atoms with E-state index in [4.69, 9.17) is 9.15 Å². The van der Waals surface area contributed by atoms with Crippen molar-refractivity contribution in [2.75, 3.05) is 19.8 Å². The second kappa shape index (κ2) is 5.84. The molecule has 0 spiro atoms. The number of amides is 1. The van der Waals surface area contributed by atoms with Crippen molar-refractivity contribution in [3.8, 4) is 0 Å². The summed E-state index contributed by atoms with van der Waals surface area (Å²) in [6.07, 6.45) is 1.60. The smallest absolute Gasteiger partial charge is 0.227 e. The summed E-state index contributed by atoms with van der Waals surface area (Å²) in [6.45, 7) is 4.39. The van der Waals surface area contributed by atoms with Crippen LogP contribution in [0.15, 0.2) is 22.8 Å². The Labute approximate surface area is 101 Å². The number of ether oxygens (including phenoxy) is 1. The van der Waals surface area contributed by atoms with Gasteiger partial charge >= 0.3 is 0 Å². The fourth-order valence-electron chi connectivity index (χ4n) is 1.99. The molecule has 2 rings (SSSR count). The normalized spacial score (nSPS) is 23.8. The molecule has 1 aliphatic heterocycles. The highest BCUT2D eigenvalue weighted by atomic mass is 16.5. The summed E-state index contributed by atoms with van der Waals surface area (Å²) in [7, 11) is 0. The van der Waals surface area contributed by atoms with E-state index in [1.54, 1.807) is 6.26 Å². The summed E-state index contributed by atoms with van der Waals surface area (Å²) < 4.78 is 10.5. The summed E-state index contributed by atoms with van der Waals surface area (Å²) in [4.78, 5) is 12.0. The molecular formula is C12H18N2O3. The zero-order valence-electron chi connectivity index (χ0n) is 9.94. The molecule has 0 aliphatic carbocycles. The largest absolute Gasteiger partial charge is 0.467 e. The van der Waals surface area contributed by atoms with Gasteiger partial charge in [0, 0.05) is 6.04 Å². The van der Waals surface area contributed by atoms with Crippen molar-refractivity contribution in [1.29, 1.82) is 0 Å². The van der Waals surface area contributed by atoms with Crippen molar-refractivity contribution in [3.05, 3.63) is 24.2 Å². The summed E-state index contributed by atoms with van der Waals surface area (Å²) in [5.41, 5.74) is 0. The van der Waals surface area contributed by atoms with E-state index in [0.717, 1.165) is 12.3 Å². The summed E-state index contributed by atoms with van der Waals surface area (Å²) in [5.74, 6) is 0.673. The molecule has 17 heavy (non-hydrogen) atoms. The maximum absolute atomic E-state index is 12.0. The van der Waals surface area contributed by atoms with Crippen LogP contribution in [-0.2, 0) is 16.1 Å². The highest BCUT2D eigenvalue weighted by molar-refractivity contribution is 5.79. The molecule has 1 aliphatic rings. The van der Waals surface area contributed by atoms with Crippen molar-refractivity contribution in [2.24, 2.45) is 5.92 Å². The van der Waals surface area contributed by atoms with Crippen LogP contribution in [0.25, 0.3) is 0 Å². The minimum absolute atomic E-state index is 0.0184. The van der Waals surface area contributed by atoms with E-state index in [1.807, 2.05) is 19.1 Å². The summed E-state index contributed by atoms with van der Waals surface area (Å²) in [5, 5.41) is 6.12. The number of hydrogen-bond donors (Lipinski definition) is 2. The molecule has 5 heteroatoms. The lowest BCUT2D eigenvalue weighted by molar-refractivity contribution is -0.125. The third-order valence-corrected chi connectivity index (χ3v) is 2.90. The van der Waals surface area contributed by atoms with E-state index in [9.17, 15) is 4.79 Å². The minimum Gasteiger partial charge on any atom is -0.467 e. The fraction of sp³-hybridized carbons (Fsp3) is 0.583. The van der Waals surface area contributed by atoms with Gasteiger partial charge in [0.2, 0.25) is 5.91 Å². The van der Waals surface area contributed by atoms with Gasteiger partial charge in [0.1, 0.15) is 5.76 Å². The predicted octanol–water partition coefficient (Wildman–Crippen LogP) is 0.520. The first-order valence-electron chi connectivity index (χ1n) is 5.92. The number of rotatable bonds is 5. The van der Waals surface area contributed by atoms with Crippen LogP contribution in [0.2, 0.25) is 0 Å². The van der Waals surface area contributed by atoms with Gasteiger partial charge in [-0.25, -0.2) is 0 Å². The third-order valence-electron chi connectivity index (χ3n) is 2.90. The first kappa shape index (κ1) is 12.1. The van der Waals surface area contributed by atoms with Crippen LogP contribution < -0.4 is 10.6 Å². The van der Waals surface area contributed by atoms with Gasteiger partial charge in [0.25, 0.3) is 0 Å². The van der Waals surface area contributed by atoms with Crippen LogP contribution in [0.3, 0.4) is 0 Å². The molecule has 2 atom stereocenters. The molecule has 1 aromatic heterocycles. The number of furan rings is 1. The molecule has 0 saturated carbocycles. The minimum atomic E-state index is -0.107. The average molecular weight is 238 g/mol. The van der Waals surface area contributed by atoms with Gasteiger partial charge in [-0.2, -0.15) is 0 Å². The van der Waals surface area contributed by atoms with E-state index in [2.05, 4.69) is 10.6 Å². The van der Waals surface area contributed by atoms with Gasteiger partial charge in [-0.1, -0.05) is 6.92 Å². The molecule has 1 amide bonds. The lowest BCUT2D eigenvalue weighted by Gasteiger charge is -2.17. The van der Waals surface area contributed by atoms with E-state index >= 15 is 0 Å². The predicted molar refractivity (Wildman–Crippen MR) is 62.3 cm³/mol. The van der Waals surface area contributed by atoms with Crippen molar-refractivity contribution >= 4 is 5.91 Å². The Balaban J connectivity index is 1.82. The number of likely N-dealkylation sites (N-methyl/N-ethyl adjacent to an activating group) is 1. The van der Waals surface area contributed by atoms with Crippen molar-refractivity contribution in [2.45, 2.75) is 19.5 Å². The Bertz CT molecular complexity index is 351. The number of hydrogen-bond acceptors (Lipinski definition) is 4. The molecule has 1 aromatic rings. The van der Waals surface area contributed by atoms with Gasteiger partial charge in [0.05, 0.1) is 31.9 Å². The van der Waals surface area contributed by atoms with Gasteiger partial charge < -0.3 is 19.8 Å². The van der Waals surface area contributed by atoms with Crippen LogP contribution in [0.5, 0.6) is 0 Å². The Hall–Kier alpha value is -1.33. The van der Waals surface area contributed by atoms with Gasteiger partial charge in [-0.05, 0) is 18.7 Å². The standard InChI is InChI=1S/C12H18N2O3/c1-2-13-11-8-16-7-10(11)12(15)14-6-9-4-3-5-17-9/h3-5,10-11,13H,2,6-8H2,1H3,(H,14,15). The number of carbonyl (C=O) groups excluding carboxylic acids is 1. The zero-order chi connectivity index (χ0) is 12.1. The van der Waals surface area contributed by atoms with E-state index in [1.165, 1.54) is 0 Å². The fourth-order valence-corrected chi connectivity index (χ4v) is 1.99. The molecule has 2 N–H and O–H groups in total. The van der Waals surface area contributed by atoms with E-state index in [0.29, 0.717) is 19.8 Å². The lowest BCUT2D eigenvalue weighted by atomic mass is 10.0. The summed E-state index contributed by atoms with van der Waals surface area (Å²) in [6, 6.07) is 3.77. The molecule has 1 fully saturated rings. The Kier molecular flexibility index (Phi) is 4.17. The van der Waals surface area contributed by atoms with E-state index < -0.39 is 0 Å². The monoisotopic (exact) mass is 238 g/mol. The molecule has 2 unspecified atom stereocenters. The molecule has 5 nitrogen and oxygen atoms in total. The Morgan fingerprint density at radius 3 is 3.12 bits per heavy atom. The molecule has 2 heterocycles. The van der Waals surface area contributed by atoms with Crippen molar-refractivity contribution in [1.82, 2.24) is 10.6 Å². The maximum atomic E-state index is 12.0. The second-order valence-electron chi connectivity index (χ2n) is 4.11. The number of nitrogens with one attached hydrogen (secondary N) is 2. The highest BCUT2D eigenvalue weighted by Gasteiger charge is 2.33. The van der Waals surface area contributed by atoms with Crippen LogP contribution in [0.4, 0.5) is 0 Å². The first-order valence-corrected chi connectivity index (χ1v) is 5.92. The first-order chi connectivity index (χ1) is 8.31. The maximum Gasteiger partial charge on any atom is 0.227 e. The topological polar surface area (TPSA) is 63.5 Å². The van der Waals surface area contributed by atoms with E-state index in [-0.39, 0.29) is 17.9 Å². The van der Waals surface area contributed by atoms with Gasteiger partial charge in [0.15, 0.2) is 0 Å². The zero-order valence-corrected chi connectivity index (χ0v) is 9.94. The molecular weight excluding hydrogens is 220 g/mol. The van der Waals surface area contributed by atoms with Crippen LogP contribution in [-0.4, -0.2) is 31.7 Å². The van der Waals surface area contributed by atoms with Crippen molar-refractivity contribution < 1.29 is 13.9 Å². The van der Waals surface area contributed by atoms with Gasteiger partial charge in [-0.3, -0.25) is 4.79 Å². The number of carbonyl (C=O) groups is 1. The Morgan fingerprint density at radius 1 is 1.53 bits per heavy atom. The third kappa shape index (κ3) is 3.08. The highest BCUT2D eigenvalue weighted by Crippen LogP contribution is 2.14. The van der Waals surface area contributed by atoms with Crippen LogP contribution in [0.1, 0.15) is 12.7 Å². The molecule has 0 aromatic carbocycles. The summed E-state index contributed by atoms with van der Waals surface area (Å²) >= 11 is 0. The van der Waals surface area contributed by atoms with Crippen LogP contribution >= 0.6 is 0 Å². The molecule has 94 valence electrons. The molecule has 0 bridgehead atoms. The SMILES string of the molecule is CCNC1COCC1C(=O)NCc1ccco1. The van der Waals surface area contributed by atoms with Gasteiger partial charge in [-0.15, -0.1) is 0 Å². The lowest BCUT2D eigenvalue weighted by Crippen LogP contribution is -2.43. The second-order valence-corrected chi connectivity index (χ2v) is 4.11. The van der Waals surface area contributed by atoms with Crippen molar-refractivity contribution in [3.63, 3.8) is 0 Å². The quantitative estimate of drug-likeness (QED) is 0.785. The molecule has 1 saturated heterocycles. The average Bonchev–Trinajstić information content (AvgIpc) is 2.97. The van der Waals surface area contributed by atoms with Crippen LogP contribution in [0, 0.1) is 5.92 Å².